The molecule has 0 radical (unpaired) electrons. The van der Waals surface area contributed by atoms with Gasteiger partial charge >= 0.3 is 0 Å². The van der Waals surface area contributed by atoms with Crippen LogP contribution in [0.3, 0.4) is 0 Å². The lowest BCUT2D eigenvalue weighted by Gasteiger charge is -2.45. The molecular weight excluding hydrogens is 490 g/mol. The van der Waals surface area contributed by atoms with E-state index in [0.717, 1.165) is 48.6 Å². The van der Waals surface area contributed by atoms with Crippen LogP contribution in [0.1, 0.15) is 46.4 Å². The fourth-order valence-corrected chi connectivity index (χ4v) is 6.06. The Morgan fingerprint density at radius 1 is 1.08 bits per heavy atom. The number of ether oxygens (including phenoxy) is 1. The van der Waals surface area contributed by atoms with Gasteiger partial charge in [-0.2, -0.15) is 5.26 Å². The largest absolute Gasteiger partial charge is 0.381 e. The molecule has 8 nitrogen and oxygen atoms in total. The summed E-state index contributed by atoms with van der Waals surface area (Å²) in [6.07, 6.45) is 0.719. The van der Waals surface area contributed by atoms with Gasteiger partial charge in [0.05, 0.1) is 29.8 Å². The summed E-state index contributed by atoms with van der Waals surface area (Å²) < 4.78 is 5.33. The number of hydrogen-bond donors (Lipinski definition) is 2. The van der Waals surface area contributed by atoms with E-state index < -0.39 is 0 Å². The van der Waals surface area contributed by atoms with Gasteiger partial charge in [0.15, 0.2) is 0 Å². The van der Waals surface area contributed by atoms with Gasteiger partial charge in [0.2, 0.25) is 5.91 Å². The molecule has 39 heavy (non-hydrogen) atoms. The van der Waals surface area contributed by atoms with Crippen molar-refractivity contribution in [1.29, 1.82) is 5.26 Å². The van der Waals surface area contributed by atoms with Gasteiger partial charge < -0.3 is 20.3 Å². The zero-order valence-corrected chi connectivity index (χ0v) is 21.9. The predicted molar refractivity (Wildman–Crippen MR) is 150 cm³/mol. The van der Waals surface area contributed by atoms with Crippen molar-refractivity contribution < 1.29 is 14.3 Å². The van der Waals surface area contributed by atoms with E-state index in [0.29, 0.717) is 30.0 Å². The Bertz CT molecular complexity index is 1460. The minimum atomic E-state index is -0.145. The van der Waals surface area contributed by atoms with Gasteiger partial charge in [-0.15, -0.1) is 0 Å². The molecule has 3 atom stereocenters. The summed E-state index contributed by atoms with van der Waals surface area (Å²) in [7, 11) is 0. The first-order valence-electron chi connectivity index (χ1n) is 13.5. The minimum Gasteiger partial charge on any atom is -0.381 e. The number of carbonyl (C=O) groups is 2. The number of anilines is 3. The Morgan fingerprint density at radius 3 is 2.64 bits per heavy atom. The van der Waals surface area contributed by atoms with E-state index in [1.54, 1.807) is 6.07 Å². The molecule has 0 saturated carbocycles. The molecule has 3 aliphatic rings. The molecule has 3 aromatic carbocycles. The molecule has 198 valence electrons. The van der Waals surface area contributed by atoms with Crippen molar-refractivity contribution in [1.82, 2.24) is 4.90 Å². The van der Waals surface area contributed by atoms with Gasteiger partial charge in [-0.1, -0.05) is 36.4 Å². The molecule has 0 bridgehead atoms. The van der Waals surface area contributed by atoms with Crippen LogP contribution in [0.5, 0.6) is 0 Å². The first kappa shape index (κ1) is 25.1. The summed E-state index contributed by atoms with van der Waals surface area (Å²) in [5.41, 5.74) is 5.66. The highest BCUT2D eigenvalue weighted by Crippen LogP contribution is 2.39. The molecule has 3 heterocycles. The number of nitrogens with one attached hydrogen (secondary N) is 2. The summed E-state index contributed by atoms with van der Waals surface area (Å²) >= 11 is 0. The standard InChI is InChI=1S/C31H31N5O3/c1-20-18-35(29-24-6-2-3-7-25(24)31(38)34-27-9-5-4-8-26(27)29)13-14-36(20)28-11-10-23(16-22(28)17-32)33-30(37)21-12-15-39-19-21/h2-11,16,20-21,29H,12-15,18-19H2,1H3,(H,33,37)(H,34,38). The Morgan fingerprint density at radius 2 is 1.87 bits per heavy atom. The van der Waals surface area contributed by atoms with E-state index in [4.69, 9.17) is 4.74 Å². The summed E-state index contributed by atoms with van der Waals surface area (Å²) in [4.78, 5) is 30.3. The number of benzene rings is 3. The van der Waals surface area contributed by atoms with Crippen LogP contribution < -0.4 is 15.5 Å². The second-order valence-corrected chi connectivity index (χ2v) is 10.5. The van der Waals surface area contributed by atoms with Crippen molar-refractivity contribution in [2.75, 3.05) is 48.4 Å². The Hall–Kier alpha value is -4.19. The molecule has 3 unspecified atom stereocenters. The maximum Gasteiger partial charge on any atom is 0.256 e. The number of rotatable bonds is 4. The molecule has 2 fully saturated rings. The molecule has 3 aliphatic heterocycles. The van der Waals surface area contributed by atoms with Crippen LogP contribution in [0.4, 0.5) is 17.1 Å². The predicted octanol–water partition coefficient (Wildman–Crippen LogP) is 4.40. The van der Waals surface area contributed by atoms with Crippen LogP contribution in [-0.2, 0) is 9.53 Å². The van der Waals surface area contributed by atoms with Gasteiger partial charge in [-0.05, 0) is 54.8 Å². The molecule has 2 amide bonds. The van der Waals surface area contributed by atoms with Crippen molar-refractivity contribution in [3.8, 4) is 6.07 Å². The number of fused-ring (bicyclic) bond motifs is 2. The van der Waals surface area contributed by atoms with Crippen molar-refractivity contribution in [3.63, 3.8) is 0 Å². The molecule has 2 saturated heterocycles. The fraction of sp³-hybridized carbons (Fsp3) is 0.323. The molecule has 2 N–H and O–H groups in total. The van der Waals surface area contributed by atoms with E-state index in [1.807, 2.05) is 48.5 Å². The van der Waals surface area contributed by atoms with Crippen LogP contribution in [0.2, 0.25) is 0 Å². The van der Waals surface area contributed by atoms with Gasteiger partial charge in [0, 0.05) is 49.2 Å². The highest BCUT2D eigenvalue weighted by Gasteiger charge is 2.35. The normalized spacial score (nSPS) is 22.7. The Kier molecular flexibility index (Phi) is 6.77. The van der Waals surface area contributed by atoms with E-state index in [1.165, 1.54) is 0 Å². The zero-order chi connectivity index (χ0) is 26.9. The number of nitriles is 1. The lowest BCUT2D eigenvalue weighted by Crippen LogP contribution is -2.53. The summed E-state index contributed by atoms with van der Waals surface area (Å²) in [6.45, 7) is 5.46. The lowest BCUT2D eigenvalue weighted by atomic mass is 9.92. The van der Waals surface area contributed by atoms with Gasteiger partial charge in [0.1, 0.15) is 6.07 Å². The second-order valence-electron chi connectivity index (χ2n) is 10.5. The zero-order valence-electron chi connectivity index (χ0n) is 21.9. The fourth-order valence-electron chi connectivity index (χ4n) is 6.06. The second kappa shape index (κ2) is 10.5. The molecule has 0 spiro atoms. The monoisotopic (exact) mass is 521 g/mol. The van der Waals surface area contributed by atoms with Crippen LogP contribution in [0.15, 0.2) is 66.7 Å². The third kappa shape index (κ3) is 4.76. The van der Waals surface area contributed by atoms with E-state index in [9.17, 15) is 14.9 Å². The van der Waals surface area contributed by atoms with Crippen LogP contribution in [-0.4, -0.2) is 55.6 Å². The molecule has 0 aliphatic carbocycles. The molecule has 6 rings (SSSR count). The van der Waals surface area contributed by atoms with Crippen molar-refractivity contribution in [2.24, 2.45) is 5.92 Å². The highest BCUT2D eigenvalue weighted by atomic mass is 16.5. The van der Waals surface area contributed by atoms with Crippen LogP contribution in [0, 0.1) is 17.2 Å². The summed E-state index contributed by atoms with van der Waals surface area (Å²) in [5, 5.41) is 16.0. The SMILES string of the molecule is CC1CN(C2c3ccccc3NC(=O)c3ccccc32)CCN1c1ccc(NC(=O)C2CCOC2)cc1C#N. The van der Waals surface area contributed by atoms with E-state index in [2.05, 4.69) is 45.6 Å². The van der Waals surface area contributed by atoms with E-state index >= 15 is 0 Å². The van der Waals surface area contributed by atoms with E-state index in [-0.39, 0.29) is 29.8 Å². The average Bonchev–Trinajstić information content (AvgIpc) is 3.46. The number of para-hydroxylation sites is 1. The molecular formula is C31H31N5O3. The van der Waals surface area contributed by atoms with Crippen molar-refractivity contribution in [2.45, 2.75) is 25.4 Å². The summed E-state index contributed by atoms with van der Waals surface area (Å²) in [5.74, 6) is -0.297. The lowest BCUT2D eigenvalue weighted by molar-refractivity contribution is -0.119. The number of carbonyl (C=O) groups excluding carboxylic acids is 2. The number of hydrogen-bond acceptors (Lipinski definition) is 6. The highest BCUT2D eigenvalue weighted by molar-refractivity contribution is 6.07. The number of nitrogens with zero attached hydrogens (tertiary/aromatic N) is 3. The van der Waals surface area contributed by atoms with Gasteiger partial charge in [0.25, 0.3) is 5.91 Å². The molecule has 0 aromatic heterocycles. The third-order valence-electron chi connectivity index (χ3n) is 8.02. The van der Waals surface area contributed by atoms with Crippen molar-refractivity contribution >= 4 is 28.9 Å². The van der Waals surface area contributed by atoms with Crippen LogP contribution >= 0.6 is 0 Å². The Balaban J connectivity index is 1.25. The third-order valence-corrected chi connectivity index (χ3v) is 8.02. The smallest absolute Gasteiger partial charge is 0.256 e. The minimum absolute atomic E-state index is 0.0615. The Labute approximate surface area is 228 Å². The molecule has 8 heteroatoms. The van der Waals surface area contributed by atoms with Gasteiger partial charge in [-0.25, -0.2) is 0 Å². The van der Waals surface area contributed by atoms with Crippen molar-refractivity contribution in [3.05, 3.63) is 89.0 Å². The maximum absolute atomic E-state index is 13.0. The first-order chi connectivity index (χ1) is 19.0. The molecule has 3 aromatic rings. The summed E-state index contributed by atoms with van der Waals surface area (Å²) in [6, 6.07) is 23.8. The topological polar surface area (TPSA) is 97.7 Å². The van der Waals surface area contributed by atoms with Crippen LogP contribution in [0.25, 0.3) is 0 Å². The quantitative estimate of drug-likeness (QED) is 0.528. The first-order valence-corrected chi connectivity index (χ1v) is 13.5. The maximum atomic E-state index is 13.0. The number of piperazine rings is 1. The number of amides is 2. The van der Waals surface area contributed by atoms with Gasteiger partial charge in [-0.3, -0.25) is 14.5 Å². The average molecular weight is 522 g/mol.